The highest BCUT2D eigenvalue weighted by Crippen LogP contribution is 2.36. The van der Waals surface area contributed by atoms with Crippen LogP contribution in [0.5, 0.6) is 0 Å². The number of hydrogen-bond acceptors (Lipinski definition) is 2. The average Bonchev–Trinajstić information content (AvgIpc) is 2.93. The Morgan fingerprint density at radius 3 is 2.75 bits per heavy atom. The van der Waals surface area contributed by atoms with Crippen LogP contribution in [0.4, 0.5) is 0 Å². The van der Waals surface area contributed by atoms with Crippen LogP contribution >= 0.6 is 0 Å². The minimum Gasteiger partial charge on any atom is -0.316 e. The topological polar surface area (TPSA) is 15.3 Å². The molecule has 0 amide bonds. The van der Waals surface area contributed by atoms with Gasteiger partial charge >= 0.3 is 0 Å². The fourth-order valence-electron chi connectivity index (χ4n) is 4.41. The first-order valence-corrected chi connectivity index (χ1v) is 7.33. The van der Waals surface area contributed by atoms with Gasteiger partial charge in [-0.05, 0) is 50.1 Å². The molecule has 3 fully saturated rings. The van der Waals surface area contributed by atoms with E-state index in [4.69, 9.17) is 0 Å². The zero-order valence-corrected chi connectivity index (χ0v) is 10.6. The number of rotatable bonds is 3. The van der Waals surface area contributed by atoms with Gasteiger partial charge in [0.2, 0.25) is 0 Å². The molecule has 0 radical (unpaired) electrons. The standard InChI is InChI=1S/C14H26N2/c1-2-14-13-8-15-7-12(13)10-16(14)9-11-5-3-4-6-11/h11-15H,2-10H2,1H3. The summed E-state index contributed by atoms with van der Waals surface area (Å²) in [6, 6.07) is 0.889. The molecule has 0 aromatic carbocycles. The minimum absolute atomic E-state index is 0.889. The fraction of sp³-hybridized carbons (Fsp3) is 1.00. The molecule has 0 bridgehead atoms. The Labute approximate surface area is 99.8 Å². The van der Waals surface area contributed by atoms with Crippen LogP contribution in [0.3, 0.4) is 0 Å². The smallest absolute Gasteiger partial charge is 0.0137 e. The van der Waals surface area contributed by atoms with Gasteiger partial charge in [0, 0.05) is 19.1 Å². The lowest BCUT2D eigenvalue weighted by atomic mass is 9.92. The number of fused-ring (bicyclic) bond motifs is 1. The lowest BCUT2D eigenvalue weighted by Gasteiger charge is -2.29. The summed E-state index contributed by atoms with van der Waals surface area (Å²) in [5, 5.41) is 3.58. The third kappa shape index (κ3) is 1.91. The van der Waals surface area contributed by atoms with Gasteiger partial charge in [-0.25, -0.2) is 0 Å². The molecule has 3 unspecified atom stereocenters. The van der Waals surface area contributed by atoms with E-state index in [1.54, 1.807) is 0 Å². The monoisotopic (exact) mass is 222 g/mol. The van der Waals surface area contributed by atoms with Crippen molar-refractivity contribution in [2.24, 2.45) is 17.8 Å². The van der Waals surface area contributed by atoms with E-state index in [1.807, 2.05) is 0 Å². The average molecular weight is 222 g/mol. The van der Waals surface area contributed by atoms with Crippen molar-refractivity contribution in [1.82, 2.24) is 10.2 Å². The van der Waals surface area contributed by atoms with Gasteiger partial charge in [-0.1, -0.05) is 19.8 Å². The highest BCUT2D eigenvalue weighted by Gasteiger charge is 2.43. The molecule has 2 heteroatoms. The van der Waals surface area contributed by atoms with Crippen molar-refractivity contribution in [2.45, 2.75) is 45.1 Å². The summed E-state index contributed by atoms with van der Waals surface area (Å²) in [7, 11) is 0. The summed E-state index contributed by atoms with van der Waals surface area (Å²) in [6.45, 7) is 7.73. The zero-order valence-electron chi connectivity index (χ0n) is 10.6. The van der Waals surface area contributed by atoms with Crippen molar-refractivity contribution in [3.63, 3.8) is 0 Å². The number of nitrogens with zero attached hydrogens (tertiary/aromatic N) is 1. The van der Waals surface area contributed by atoms with E-state index in [9.17, 15) is 0 Å². The Morgan fingerprint density at radius 2 is 2.00 bits per heavy atom. The van der Waals surface area contributed by atoms with Crippen molar-refractivity contribution in [3.8, 4) is 0 Å². The molecule has 3 aliphatic rings. The molecule has 92 valence electrons. The molecule has 2 nitrogen and oxygen atoms in total. The van der Waals surface area contributed by atoms with E-state index < -0.39 is 0 Å². The van der Waals surface area contributed by atoms with Crippen molar-refractivity contribution in [1.29, 1.82) is 0 Å². The van der Waals surface area contributed by atoms with Crippen LogP contribution in [0.2, 0.25) is 0 Å². The van der Waals surface area contributed by atoms with Crippen molar-refractivity contribution in [3.05, 3.63) is 0 Å². The SMILES string of the molecule is CCC1C2CNCC2CN1CC1CCCC1. The van der Waals surface area contributed by atoms with Gasteiger partial charge in [0.05, 0.1) is 0 Å². The Bertz CT molecular complexity index is 235. The van der Waals surface area contributed by atoms with Gasteiger partial charge in [-0.3, -0.25) is 4.90 Å². The number of hydrogen-bond donors (Lipinski definition) is 1. The van der Waals surface area contributed by atoms with Crippen molar-refractivity contribution < 1.29 is 0 Å². The molecular formula is C14H26N2. The van der Waals surface area contributed by atoms with E-state index in [0.717, 1.165) is 23.8 Å². The molecule has 1 saturated carbocycles. The van der Waals surface area contributed by atoms with Crippen LogP contribution in [0.1, 0.15) is 39.0 Å². The van der Waals surface area contributed by atoms with Crippen LogP contribution in [0, 0.1) is 17.8 Å². The van der Waals surface area contributed by atoms with Gasteiger partial charge < -0.3 is 5.32 Å². The summed E-state index contributed by atoms with van der Waals surface area (Å²) in [5.41, 5.74) is 0. The second-order valence-corrected chi connectivity index (χ2v) is 6.16. The first-order chi connectivity index (χ1) is 7.88. The van der Waals surface area contributed by atoms with Crippen molar-refractivity contribution >= 4 is 0 Å². The Morgan fingerprint density at radius 1 is 1.19 bits per heavy atom. The lowest BCUT2D eigenvalue weighted by Crippen LogP contribution is -2.37. The first-order valence-electron chi connectivity index (χ1n) is 7.33. The maximum Gasteiger partial charge on any atom is 0.0137 e. The first kappa shape index (κ1) is 11.0. The Kier molecular flexibility index (Phi) is 3.21. The van der Waals surface area contributed by atoms with Gasteiger partial charge in [0.25, 0.3) is 0 Å². The minimum atomic E-state index is 0.889. The normalized spacial score (nSPS) is 40.7. The molecule has 0 spiro atoms. The fourth-order valence-corrected chi connectivity index (χ4v) is 4.41. The van der Waals surface area contributed by atoms with E-state index >= 15 is 0 Å². The quantitative estimate of drug-likeness (QED) is 0.787. The highest BCUT2D eigenvalue weighted by molar-refractivity contribution is 4.98. The van der Waals surface area contributed by atoms with Crippen LogP contribution in [-0.4, -0.2) is 37.1 Å². The van der Waals surface area contributed by atoms with Gasteiger partial charge in [0.1, 0.15) is 0 Å². The summed E-state index contributed by atoms with van der Waals surface area (Å²) in [5.74, 6) is 2.96. The second-order valence-electron chi connectivity index (χ2n) is 6.16. The Balaban J connectivity index is 1.61. The van der Waals surface area contributed by atoms with Crippen LogP contribution in [-0.2, 0) is 0 Å². The van der Waals surface area contributed by atoms with Gasteiger partial charge in [-0.2, -0.15) is 0 Å². The third-order valence-corrected chi connectivity index (χ3v) is 5.21. The van der Waals surface area contributed by atoms with Crippen LogP contribution < -0.4 is 5.32 Å². The van der Waals surface area contributed by atoms with Gasteiger partial charge in [0.15, 0.2) is 0 Å². The number of likely N-dealkylation sites (tertiary alicyclic amines) is 1. The predicted molar refractivity (Wildman–Crippen MR) is 67.5 cm³/mol. The lowest BCUT2D eigenvalue weighted by molar-refractivity contribution is 0.187. The molecule has 0 aromatic rings. The van der Waals surface area contributed by atoms with Crippen LogP contribution in [0.25, 0.3) is 0 Å². The number of nitrogens with one attached hydrogen (secondary N) is 1. The molecule has 2 saturated heterocycles. The molecule has 1 N–H and O–H groups in total. The summed E-state index contributed by atoms with van der Waals surface area (Å²) >= 11 is 0. The van der Waals surface area contributed by atoms with E-state index in [2.05, 4.69) is 17.1 Å². The van der Waals surface area contributed by atoms with Gasteiger partial charge in [-0.15, -0.1) is 0 Å². The summed E-state index contributed by atoms with van der Waals surface area (Å²) < 4.78 is 0. The third-order valence-electron chi connectivity index (χ3n) is 5.21. The van der Waals surface area contributed by atoms with Crippen molar-refractivity contribution in [2.75, 3.05) is 26.2 Å². The maximum absolute atomic E-state index is 3.58. The molecule has 0 aromatic heterocycles. The highest BCUT2D eigenvalue weighted by atomic mass is 15.2. The zero-order chi connectivity index (χ0) is 11.0. The molecule has 3 rings (SSSR count). The largest absolute Gasteiger partial charge is 0.316 e. The maximum atomic E-state index is 3.58. The van der Waals surface area contributed by atoms with E-state index in [1.165, 1.54) is 58.3 Å². The molecule has 3 atom stereocenters. The summed E-state index contributed by atoms with van der Waals surface area (Å²) in [6.07, 6.45) is 7.34. The Hall–Kier alpha value is -0.0800. The van der Waals surface area contributed by atoms with E-state index in [-0.39, 0.29) is 0 Å². The second kappa shape index (κ2) is 4.66. The molecular weight excluding hydrogens is 196 g/mol. The molecule has 16 heavy (non-hydrogen) atoms. The molecule has 2 aliphatic heterocycles. The molecule has 2 heterocycles. The summed E-state index contributed by atoms with van der Waals surface area (Å²) in [4.78, 5) is 2.84. The molecule has 1 aliphatic carbocycles. The predicted octanol–water partition coefficient (Wildman–Crippen LogP) is 2.11. The van der Waals surface area contributed by atoms with Crippen LogP contribution in [0.15, 0.2) is 0 Å². The van der Waals surface area contributed by atoms with E-state index in [0.29, 0.717) is 0 Å².